The molecule has 0 spiro atoms. The number of para-hydroxylation sites is 1. The summed E-state index contributed by atoms with van der Waals surface area (Å²) in [4.78, 5) is 18.4. The molecular formula is C19H15N3O2S2. The molecule has 26 heavy (non-hydrogen) atoms. The number of allylic oxidation sites excluding steroid dienone is 1. The molecule has 0 unspecified atom stereocenters. The van der Waals surface area contributed by atoms with Crippen LogP contribution in [0.4, 0.5) is 0 Å². The SMILES string of the molecule is C=CCn1c(SCc2cc(-c3cccs3)on2)nc2ccccc2c1=O. The summed E-state index contributed by atoms with van der Waals surface area (Å²) in [5.41, 5.74) is 1.45. The number of thiophene rings is 1. The number of rotatable bonds is 6. The summed E-state index contributed by atoms with van der Waals surface area (Å²) in [6.07, 6.45) is 1.70. The summed E-state index contributed by atoms with van der Waals surface area (Å²) in [6, 6.07) is 13.3. The Morgan fingerprint density at radius 2 is 2.15 bits per heavy atom. The van der Waals surface area contributed by atoms with Gasteiger partial charge in [0.15, 0.2) is 10.9 Å². The quantitative estimate of drug-likeness (QED) is 0.278. The van der Waals surface area contributed by atoms with Gasteiger partial charge in [-0.25, -0.2) is 4.98 Å². The van der Waals surface area contributed by atoms with Gasteiger partial charge in [-0.1, -0.05) is 41.2 Å². The maximum Gasteiger partial charge on any atom is 0.262 e. The van der Waals surface area contributed by atoms with Crippen molar-refractivity contribution < 1.29 is 4.52 Å². The highest BCUT2D eigenvalue weighted by molar-refractivity contribution is 7.98. The van der Waals surface area contributed by atoms with Crippen LogP contribution in [0.3, 0.4) is 0 Å². The van der Waals surface area contributed by atoms with E-state index in [4.69, 9.17) is 4.52 Å². The molecule has 3 heterocycles. The van der Waals surface area contributed by atoms with E-state index in [1.54, 1.807) is 28.0 Å². The fourth-order valence-electron chi connectivity index (χ4n) is 2.60. The zero-order valence-corrected chi connectivity index (χ0v) is 15.4. The first-order valence-corrected chi connectivity index (χ1v) is 9.85. The van der Waals surface area contributed by atoms with Gasteiger partial charge in [0.25, 0.3) is 5.56 Å². The van der Waals surface area contributed by atoms with Crippen LogP contribution in [0.1, 0.15) is 5.69 Å². The third-order valence-electron chi connectivity index (χ3n) is 3.81. The molecule has 0 amide bonds. The van der Waals surface area contributed by atoms with Gasteiger partial charge in [-0.3, -0.25) is 9.36 Å². The lowest BCUT2D eigenvalue weighted by molar-refractivity contribution is 0.427. The average molecular weight is 381 g/mol. The monoisotopic (exact) mass is 381 g/mol. The minimum atomic E-state index is -0.0579. The van der Waals surface area contributed by atoms with Crippen molar-refractivity contribution in [3.8, 4) is 10.6 Å². The highest BCUT2D eigenvalue weighted by Crippen LogP contribution is 2.28. The van der Waals surface area contributed by atoms with Crippen molar-refractivity contribution in [3.63, 3.8) is 0 Å². The predicted molar refractivity (Wildman–Crippen MR) is 106 cm³/mol. The van der Waals surface area contributed by atoms with E-state index in [2.05, 4.69) is 16.7 Å². The van der Waals surface area contributed by atoms with Crippen molar-refractivity contribution in [1.82, 2.24) is 14.7 Å². The summed E-state index contributed by atoms with van der Waals surface area (Å²) in [6.45, 7) is 4.16. The topological polar surface area (TPSA) is 60.9 Å². The van der Waals surface area contributed by atoms with Gasteiger partial charge in [0.2, 0.25) is 0 Å². The van der Waals surface area contributed by atoms with Gasteiger partial charge in [0.05, 0.1) is 21.5 Å². The number of aromatic nitrogens is 3. The lowest BCUT2D eigenvalue weighted by Crippen LogP contribution is -2.22. The van der Waals surface area contributed by atoms with E-state index >= 15 is 0 Å². The second-order valence-electron chi connectivity index (χ2n) is 5.56. The zero-order chi connectivity index (χ0) is 17.9. The molecule has 3 aromatic heterocycles. The second-order valence-corrected chi connectivity index (χ2v) is 7.45. The fraction of sp³-hybridized carbons (Fsp3) is 0.105. The zero-order valence-electron chi connectivity index (χ0n) is 13.8. The Morgan fingerprint density at radius 3 is 2.96 bits per heavy atom. The molecule has 7 heteroatoms. The normalized spacial score (nSPS) is 11.1. The van der Waals surface area contributed by atoms with E-state index in [9.17, 15) is 4.79 Å². The number of hydrogen-bond donors (Lipinski definition) is 0. The molecule has 1 aromatic carbocycles. The van der Waals surface area contributed by atoms with E-state index in [1.807, 2.05) is 41.8 Å². The smallest absolute Gasteiger partial charge is 0.262 e. The largest absolute Gasteiger partial charge is 0.355 e. The maximum atomic E-state index is 12.7. The molecule has 0 N–H and O–H groups in total. The van der Waals surface area contributed by atoms with Crippen molar-refractivity contribution in [2.75, 3.05) is 0 Å². The molecular weight excluding hydrogens is 366 g/mol. The van der Waals surface area contributed by atoms with E-state index < -0.39 is 0 Å². The van der Waals surface area contributed by atoms with Crippen LogP contribution in [0.2, 0.25) is 0 Å². The molecule has 0 fully saturated rings. The number of fused-ring (bicyclic) bond motifs is 1. The molecule has 4 aromatic rings. The number of hydrogen-bond acceptors (Lipinski definition) is 6. The van der Waals surface area contributed by atoms with Crippen molar-refractivity contribution in [2.45, 2.75) is 17.5 Å². The van der Waals surface area contributed by atoms with E-state index in [0.717, 1.165) is 16.3 Å². The van der Waals surface area contributed by atoms with Crippen LogP contribution in [0.15, 0.2) is 75.0 Å². The van der Waals surface area contributed by atoms with Crippen LogP contribution in [0.25, 0.3) is 21.5 Å². The molecule has 5 nitrogen and oxygen atoms in total. The van der Waals surface area contributed by atoms with Crippen LogP contribution in [0, 0.1) is 0 Å². The van der Waals surface area contributed by atoms with Crippen LogP contribution in [-0.4, -0.2) is 14.7 Å². The highest BCUT2D eigenvalue weighted by atomic mass is 32.2. The van der Waals surface area contributed by atoms with Crippen molar-refractivity contribution in [2.24, 2.45) is 0 Å². The molecule has 0 aliphatic carbocycles. The molecule has 0 atom stereocenters. The van der Waals surface area contributed by atoms with E-state index in [1.165, 1.54) is 11.8 Å². The Labute approximate surface area is 158 Å². The van der Waals surface area contributed by atoms with Gasteiger partial charge in [0.1, 0.15) is 0 Å². The van der Waals surface area contributed by atoms with Crippen LogP contribution in [-0.2, 0) is 12.3 Å². The molecule has 0 bridgehead atoms. The minimum Gasteiger partial charge on any atom is -0.355 e. The predicted octanol–water partition coefficient (Wildman–Crippen LogP) is 4.59. The Hall–Kier alpha value is -2.64. The highest BCUT2D eigenvalue weighted by Gasteiger charge is 2.13. The Morgan fingerprint density at radius 1 is 1.27 bits per heavy atom. The Bertz CT molecular complexity index is 1110. The molecule has 0 aliphatic heterocycles. The first-order chi connectivity index (χ1) is 12.8. The van der Waals surface area contributed by atoms with Crippen LogP contribution in [0.5, 0.6) is 0 Å². The molecule has 0 radical (unpaired) electrons. The van der Waals surface area contributed by atoms with E-state index in [-0.39, 0.29) is 5.56 Å². The van der Waals surface area contributed by atoms with E-state index in [0.29, 0.717) is 28.4 Å². The first-order valence-electron chi connectivity index (χ1n) is 7.99. The number of benzene rings is 1. The minimum absolute atomic E-state index is 0.0579. The van der Waals surface area contributed by atoms with Crippen molar-refractivity contribution >= 4 is 34.0 Å². The standard InChI is InChI=1S/C19H15N3O2S2/c1-2-9-22-18(23)14-6-3-4-7-15(14)20-19(22)26-12-13-11-16(24-21-13)17-8-5-10-25-17/h2-8,10-11H,1,9,12H2. The average Bonchev–Trinajstić information content (AvgIpc) is 3.34. The number of thioether (sulfide) groups is 1. The third-order valence-corrected chi connectivity index (χ3v) is 5.70. The fourth-order valence-corrected chi connectivity index (χ4v) is 4.16. The number of nitrogens with zero attached hydrogens (tertiary/aromatic N) is 3. The summed E-state index contributed by atoms with van der Waals surface area (Å²) >= 11 is 3.07. The lowest BCUT2D eigenvalue weighted by Gasteiger charge is -2.10. The molecule has 0 aliphatic rings. The molecule has 0 saturated carbocycles. The molecule has 130 valence electrons. The maximum absolute atomic E-state index is 12.7. The Balaban J connectivity index is 1.63. The second kappa shape index (κ2) is 7.31. The Kier molecular flexibility index (Phi) is 4.73. The summed E-state index contributed by atoms with van der Waals surface area (Å²) in [5, 5.41) is 7.38. The third kappa shape index (κ3) is 3.23. The van der Waals surface area contributed by atoms with Gasteiger partial charge in [-0.15, -0.1) is 17.9 Å². The summed E-state index contributed by atoms with van der Waals surface area (Å²) in [7, 11) is 0. The van der Waals surface area contributed by atoms with Crippen molar-refractivity contribution in [1.29, 1.82) is 0 Å². The van der Waals surface area contributed by atoms with Gasteiger partial charge < -0.3 is 4.52 Å². The van der Waals surface area contributed by atoms with Crippen LogP contribution >= 0.6 is 23.1 Å². The first kappa shape index (κ1) is 16.8. The van der Waals surface area contributed by atoms with Gasteiger partial charge in [-0.05, 0) is 23.6 Å². The van der Waals surface area contributed by atoms with Crippen LogP contribution < -0.4 is 5.56 Å². The molecule has 0 saturated heterocycles. The lowest BCUT2D eigenvalue weighted by atomic mass is 10.2. The molecule has 4 rings (SSSR count). The van der Waals surface area contributed by atoms with Gasteiger partial charge >= 0.3 is 0 Å². The van der Waals surface area contributed by atoms with Gasteiger partial charge in [0, 0.05) is 18.4 Å². The summed E-state index contributed by atoms with van der Waals surface area (Å²) < 4.78 is 7.05. The van der Waals surface area contributed by atoms with Crippen molar-refractivity contribution in [3.05, 3.63) is 76.5 Å². The summed E-state index contributed by atoms with van der Waals surface area (Å²) in [5.74, 6) is 1.32. The van der Waals surface area contributed by atoms with Gasteiger partial charge in [-0.2, -0.15) is 0 Å².